The van der Waals surface area contributed by atoms with Gasteiger partial charge in [0.1, 0.15) is 17.6 Å². The zero-order chi connectivity index (χ0) is 15.4. The number of nitrogens with one attached hydrogen (secondary N) is 1. The molecule has 1 aromatic heterocycles. The van der Waals surface area contributed by atoms with Gasteiger partial charge in [0.15, 0.2) is 0 Å². The van der Waals surface area contributed by atoms with Crippen molar-refractivity contribution in [1.82, 2.24) is 5.32 Å². The van der Waals surface area contributed by atoms with E-state index in [-0.39, 0.29) is 18.1 Å². The molecule has 1 atom stereocenters. The summed E-state index contributed by atoms with van der Waals surface area (Å²) in [5.41, 5.74) is 0.0863. The van der Waals surface area contributed by atoms with E-state index in [1.807, 2.05) is 0 Å². The lowest BCUT2D eigenvalue weighted by molar-refractivity contribution is -0.118. The Morgan fingerprint density at radius 1 is 1.62 bits per heavy atom. The molecular formula is C13H14N2O5S. The normalized spacial score (nSPS) is 17.6. The highest BCUT2D eigenvalue weighted by molar-refractivity contribution is 7.14. The first-order valence-corrected chi connectivity index (χ1v) is 7.09. The van der Waals surface area contributed by atoms with Crippen LogP contribution in [0.15, 0.2) is 24.1 Å². The lowest BCUT2D eigenvalue weighted by Gasteiger charge is -2.16. The number of carboxylic acid groups (broad SMARTS) is 1. The summed E-state index contributed by atoms with van der Waals surface area (Å²) in [5.74, 6) is -1.42. The molecule has 8 heteroatoms. The fourth-order valence-electron chi connectivity index (χ4n) is 2.01. The van der Waals surface area contributed by atoms with Gasteiger partial charge in [0.05, 0.1) is 5.56 Å². The van der Waals surface area contributed by atoms with Crippen LogP contribution in [0.5, 0.6) is 0 Å². The van der Waals surface area contributed by atoms with Crippen molar-refractivity contribution in [2.45, 2.75) is 12.5 Å². The largest absolute Gasteiger partial charge is 0.478 e. The Morgan fingerprint density at radius 2 is 2.38 bits per heavy atom. The average Bonchev–Trinajstić information content (AvgIpc) is 3.04. The van der Waals surface area contributed by atoms with Crippen LogP contribution in [0.3, 0.4) is 0 Å². The number of rotatable bonds is 5. The number of thiophene rings is 1. The van der Waals surface area contributed by atoms with Crippen molar-refractivity contribution >= 4 is 34.3 Å². The molecular weight excluding hydrogens is 296 g/mol. The Hall–Kier alpha value is -2.35. The highest BCUT2D eigenvalue weighted by Gasteiger charge is 2.36. The summed E-state index contributed by atoms with van der Waals surface area (Å²) in [7, 11) is 0. The highest BCUT2D eigenvalue weighted by atomic mass is 32.1. The zero-order valence-electron chi connectivity index (χ0n) is 11.1. The monoisotopic (exact) mass is 310 g/mol. The summed E-state index contributed by atoms with van der Waals surface area (Å²) in [4.78, 5) is 36.1. The second kappa shape index (κ2) is 6.40. The molecule has 2 amide bonds. The van der Waals surface area contributed by atoms with Crippen molar-refractivity contribution in [3.63, 3.8) is 0 Å². The molecule has 0 radical (unpaired) electrons. The molecule has 0 bridgehead atoms. The van der Waals surface area contributed by atoms with E-state index in [0.29, 0.717) is 18.0 Å². The van der Waals surface area contributed by atoms with Crippen LogP contribution in [-0.4, -0.2) is 42.3 Å². The highest BCUT2D eigenvalue weighted by Crippen LogP contribution is 2.31. The van der Waals surface area contributed by atoms with Crippen LogP contribution in [0.2, 0.25) is 0 Å². The SMILES string of the molecule is C=CCOC(=O)NC1CCN(c2sccc2C(=O)O)C1=O. The Labute approximate surface area is 124 Å². The average molecular weight is 310 g/mol. The molecule has 0 aliphatic carbocycles. The molecule has 1 aromatic rings. The van der Waals surface area contributed by atoms with E-state index in [0.717, 1.165) is 0 Å². The minimum absolute atomic E-state index is 0.0601. The Balaban J connectivity index is 2.04. The van der Waals surface area contributed by atoms with Gasteiger partial charge in [-0.15, -0.1) is 11.3 Å². The van der Waals surface area contributed by atoms with Gasteiger partial charge >= 0.3 is 12.1 Å². The third-order valence-corrected chi connectivity index (χ3v) is 3.89. The van der Waals surface area contributed by atoms with Crippen molar-refractivity contribution in [2.75, 3.05) is 18.1 Å². The standard InChI is InChI=1S/C13H14N2O5S/c1-2-6-20-13(19)14-9-3-5-15(10(9)16)11-8(12(17)18)4-7-21-11/h2,4,7,9H,1,3,5-6H2,(H,14,19)(H,17,18). The van der Waals surface area contributed by atoms with Crippen LogP contribution in [0.25, 0.3) is 0 Å². The summed E-state index contributed by atoms with van der Waals surface area (Å²) in [6.07, 6.45) is 1.13. The maximum atomic E-state index is 12.2. The molecule has 2 N–H and O–H groups in total. The van der Waals surface area contributed by atoms with Crippen LogP contribution in [-0.2, 0) is 9.53 Å². The molecule has 7 nitrogen and oxygen atoms in total. The fraction of sp³-hybridized carbons (Fsp3) is 0.308. The molecule has 2 rings (SSSR count). The van der Waals surface area contributed by atoms with Gasteiger partial charge in [0.25, 0.3) is 0 Å². The minimum Gasteiger partial charge on any atom is -0.478 e. The van der Waals surface area contributed by atoms with Crippen molar-refractivity contribution in [1.29, 1.82) is 0 Å². The third-order valence-electron chi connectivity index (χ3n) is 2.95. The van der Waals surface area contributed by atoms with Crippen molar-refractivity contribution < 1.29 is 24.2 Å². The van der Waals surface area contributed by atoms with E-state index in [1.54, 1.807) is 5.38 Å². The number of hydrogen-bond donors (Lipinski definition) is 2. The molecule has 112 valence electrons. The van der Waals surface area contributed by atoms with E-state index < -0.39 is 18.1 Å². The number of anilines is 1. The summed E-state index contributed by atoms with van der Waals surface area (Å²) in [5, 5.41) is 13.5. The van der Waals surface area contributed by atoms with Crippen LogP contribution in [0, 0.1) is 0 Å². The Kier molecular flexibility index (Phi) is 4.59. The van der Waals surface area contributed by atoms with Crippen molar-refractivity contribution in [2.24, 2.45) is 0 Å². The lowest BCUT2D eigenvalue weighted by Crippen LogP contribution is -2.41. The third kappa shape index (κ3) is 3.22. The maximum Gasteiger partial charge on any atom is 0.408 e. The smallest absolute Gasteiger partial charge is 0.408 e. The lowest BCUT2D eigenvalue weighted by atomic mass is 10.2. The molecule has 0 saturated carbocycles. The molecule has 1 aliphatic heterocycles. The number of carbonyl (C=O) groups excluding carboxylic acids is 2. The number of ether oxygens (including phenoxy) is 1. The molecule has 21 heavy (non-hydrogen) atoms. The van der Waals surface area contributed by atoms with Crippen molar-refractivity contribution in [3.8, 4) is 0 Å². The van der Waals surface area contributed by atoms with Gasteiger partial charge in [-0.25, -0.2) is 9.59 Å². The molecule has 1 saturated heterocycles. The van der Waals surface area contributed by atoms with Crippen molar-refractivity contribution in [3.05, 3.63) is 29.7 Å². The van der Waals surface area contributed by atoms with Gasteiger partial charge in [-0.2, -0.15) is 0 Å². The second-order valence-corrected chi connectivity index (χ2v) is 5.20. The summed E-state index contributed by atoms with van der Waals surface area (Å²) in [6, 6.07) is 0.750. The molecule has 2 heterocycles. The molecule has 0 spiro atoms. The van der Waals surface area contributed by atoms with Crippen LogP contribution < -0.4 is 10.2 Å². The maximum absolute atomic E-state index is 12.2. The molecule has 1 unspecified atom stereocenters. The number of aromatic carboxylic acids is 1. The number of nitrogens with zero attached hydrogens (tertiary/aromatic N) is 1. The number of hydrogen-bond acceptors (Lipinski definition) is 5. The number of carbonyl (C=O) groups is 3. The van der Waals surface area contributed by atoms with E-state index in [1.165, 1.54) is 28.4 Å². The van der Waals surface area contributed by atoms with Crippen LogP contribution in [0.4, 0.5) is 9.80 Å². The predicted octanol–water partition coefficient (Wildman–Crippen LogP) is 1.46. The summed E-state index contributed by atoms with van der Waals surface area (Å²) >= 11 is 1.18. The van der Waals surface area contributed by atoms with E-state index in [2.05, 4.69) is 11.9 Å². The van der Waals surface area contributed by atoms with Gasteiger partial charge in [-0.1, -0.05) is 12.7 Å². The minimum atomic E-state index is -1.08. The number of amides is 2. The summed E-state index contributed by atoms with van der Waals surface area (Å²) in [6.45, 7) is 3.83. The first-order valence-electron chi connectivity index (χ1n) is 6.21. The second-order valence-electron chi connectivity index (χ2n) is 4.31. The number of alkyl carbamates (subject to hydrolysis) is 1. The summed E-state index contributed by atoms with van der Waals surface area (Å²) < 4.78 is 4.76. The topological polar surface area (TPSA) is 95.9 Å². The first kappa shape index (κ1) is 15.0. The predicted molar refractivity (Wildman–Crippen MR) is 76.7 cm³/mol. The van der Waals surface area contributed by atoms with E-state index in [4.69, 9.17) is 9.84 Å². The van der Waals surface area contributed by atoms with Gasteiger partial charge in [-0.3, -0.25) is 4.79 Å². The van der Waals surface area contributed by atoms with Gasteiger partial charge in [-0.05, 0) is 17.9 Å². The quantitative estimate of drug-likeness (QED) is 0.803. The van der Waals surface area contributed by atoms with E-state index >= 15 is 0 Å². The molecule has 1 aliphatic rings. The number of carboxylic acids is 1. The first-order chi connectivity index (χ1) is 10.0. The van der Waals surface area contributed by atoms with Gasteiger partial charge < -0.3 is 20.1 Å². The fourth-order valence-corrected chi connectivity index (χ4v) is 2.93. The van der Waals surface area contributed by atoms with Gasteiger partial charge in [0, 0.05) is 6.54 Å². The van der Waals surface area contributed by atoms with Gasteiger partial charge in [0.2, 0.25) is 5.91 Å². The molecule has 1 fully saturated rings. The molecule has 0 aromatic carbocycles. The Bertz CT molecular complexity index is 583. The Morgan fingerprint density at radius 3 is 3.05 bits per heavy atom. The zero-order valence-corrected chi connectivity index (χ0v) is 11.9. The van der Waals surface area contributed by atoms with Crippen LogP contribution in [0.1, 0.15) is 16.8 Å². The van der Waals surface area contributed by atoms with Crippen LogP contribution >= 0.6 is 11.3 Å². The van der Waals surface area contributed by atoms with E-state index in [9.17, 15) is 14.4 Å².